The van der Waals surface area contributed by atoms with Crippen molar-refractivity contribution in [2.24, 2.45) is 0 Å². The SMILES string of the molecule is COC(=O)C1(c2ccc(OC)c(F)c2)CCNC1. The number of hydrogen-bond acceptors (Lipinski definition) is 4. The van der Waals surface area contributed by atoms with Crippen molar-refractivity contribution in [3.63, 3.8) is 0 Å². The smallest absolute Gasteiger partial charge is 0.317 e. The van der Waals surface area contributed by atoms with E-state index >= 15 is 0 Å². The highest BCUT2D eigenvalue weighted by Gasteiger charge is 2.44. The summed E-state index contributed by atoms with van der Waals surface area (Å²) in [7, 11) is 2.76. The molecule has 1 aromatic rings. The molecule has 1 aliphatic heterocycles. The van der Waals surface area contributed by atoms with E-state index in [1.165, 1.54) is 26.4 Å². The minimum atomic E-state index is -0.790. The third-order valence-corrected chi connectivity index (χ3v) is 3.44. The van der Waals surface area contributed by atoms with E-state index in [1.54, 1.807) is 6.07 Å². The monoisotopic (exact) mass is 253 g/mol. The molecule has 18 heavy (non-hydrogen) atoms. The minimum absolute atomic E-state index is 0.171. The molecule has 0 bridgehead atoms. The summed E-state index contributed by atoms with van der Waals surface area (Å²) in [5, 5.41) is 3.12. The number of carbonyl (C=O) groups is 1. The topological polar surface area (TPSA) is 47.6 Å². The Morgan fingerprint density at radius 2 is 2.22 bits per heavy atom. The maximum Gasteiger partial charge on any atom is 0.317 e. The predicted octanol–water partition coefficient (Wildman–Crippen LogP) is 1.24. The van der Waals surface area contributed by atoms with Gasteiger partial charge in [0.25, 0.3) is 0 Å². The summed E-state index contributed by atoms with van der Waals surface area (Å²) < 4.78 is 23.5. The van der Waals surface area contributed by atoms with E-state index in [-0.39, 0.29) is 11.7 Å². The van der Waals surface area contributed by atoms with Gasteiger partial charge in [0.05, 0.1) is 14.2 Å². The Hall–Kier alpha value is -1.62. The number of ether oxygens (including phenoxy) is 2. The zero-order valence-corrected chi connectivity index (χ0v) is 10.5. The van der Waals surface area contributed by atoms with Crippen molar-refractivity contribution in [3.8, 4) is 5.75 Å². The lowest BCUT2D eigenvalue weighted by Gasteiger charge is -2.25. The van der Waals surface area contributed by atoms with E-state index in [2.05, 4.69) is 5.32 Å². The van der Waals surface area contributed by atoms with Crippen LogP contribution in [0.25, 0.3) is 0 Å². The highest BCUT2D eigenvalue weighted by Crippen LogP contribution is 2.34. The number of benzene rings is 1. The average Bonchev–Trinajstić information content (AvgIpc) is 2.88. The van der Waals surface area contributed by atoms with Crippen LogP contribution in [-0.2, 0) is 14.9 Å². The Morgan fingerprint density at radius 3 is 2.72 bits per heavy atom. The molecule has 0 spiro atoms. The van der Waals surface area contributed by atoms with Crippen molar-refractivity contribution in [2.75, 3.05) is 27.3 Å². The summed E-state index contributed by atoms with van der Waals surface area (Å²) in [4.78, 5) is 12.0. The molecule has 1 fully saturated rings. The van der Waals surface area contributed by atoms with Crippen molar-refractivity contribution in [3.05, 3.63) is 29.6 Å². The van der Waals surface area contributed by atoms with E-state index < -0.39 is 11.2 Å². The van der Waals surface area contributed by atoms with Crippen LogP contribution >= 0.6 is 0 Å². The molecular weight excluding hydrogens is 237 g/mol. The molecule has 1 N–H and O–H groups in total. The summed E-state index contributed by atoms with van der Waals surface area (Å²) in [6.07, 6.45) is 0.603. The molecule has 98 valence electrons. The lowest BCUT2D eigenvalue weighted by atomic mass is 9.79. The van der Waals surface area contributed by atoms with Gasteiger partial charge in [-0.25, -0.2) is 4.39 Å². The standard InChI is InChI=1S/C13H16FNO3/c1-17-11-4-3-9(7-10(11)14)13(12(16)18-2)5-6-15-8-13/h3-4,7,15H,5-6,8H2,1-2H3. The number of esters is 1. The lowest BCUT2D eigenvalue weighted by molar-refractivity contribution is -0.146. The van der Waals surface area contributed by atoms with Crippen molar-refractivity contribution >= 4 is 5.97 Å². The van der Waals surface area contributed by atoms with Gasteiger partial charge in [0.2, 0.25) is 0 Å². The number of halogens is 1. The molecule has 1 saturated heterocycles. The van der Waals surface area contributed by atoms with Gasteiger partial charge in [0.1, 0.15) is 5.41 Å². The second-order valence-electron chi connectivity index (χ2n) is 4.35. The second-order valence-corrected chi connectivity index (χ2v) is 4.35. The summed E-state index contributed by atoms with van der Waals surface area (Å²) in [5.74, 6) is -0.632. The Morgan fingerprint density at radius 1 is 1.44 bits per heavy atom. The van der Waals surface area contributed by atoms with Crippen molar-refractivity contribution in [1.29, 1.82) is 0 Å². The van der Waals surface area contributed by atoms with Gasteiger partial charge < -0.3 is 14.8 Å². The molecule has 1 aromatic carbocycles. The van der Waals surface area contributed by atoms with Gasteiger partial charge in [-0.1, -0.05) is 6.07 Å². The maximum absolute atomic E-state index is 13.7. The molecule has 1 unspecified atom stereocenters. The maximum atomic E-state index is 13.7. The van der Waals surface area contributed by atoms with E-state index in [9.17, 15) is 9.18 Å². The van der Waals surface area contributed by atoms with Crippen LogP contribution in [0.5, 0.6) is 5.75 Å². The van der Waals surface area contributed by atoms with Crippen LogP contribution in [0.4, 0.5) is 4.39 Å². The van der Waals surface area contributed by atoms with E-state index in [1.807, 2.05) is 0 Å². The Labute approximate surface area is 105 Å². The number of nitrogens with one attached hydrogen (secondary N) is 1. The number of hydrogen-bond donors (Lipinski definition) is 1. The summed E-state index contributed by atoms with van der Waals surface area (Å²) >= 11 is 0. The van der Waals surface area contributed by atoms with Gasteiger partial charge in [-0.3, -0.25) is 4.79 Å². The van der Waals surface area contributed by atoms with Crippen LogP contribution in [0, 0.1) is 5.82 Å². The van der Waals surface area contributed by atoms with Crippen molar-refractivity contribution < 1.29 is 18.7 Å². The lowest BCUT2D eigenvalue weighted by Crippen LogP contribution is -2.39. The fourth-order valence-electron chi connectivity index (χ4n) is 2.39. The van der Waals surface area contributed by atoms with Crippen molar-refractivity contribution in [1.82, 2.24) is 5.32 Å². The normalized spacial score (nSPS) is 22.8. The fourth-order valence-corrected chi connectivity index (χ4v) is 2.39. The molecule has 0 aliphatic carbocycles. The van der Waals surface area contributed by atoms with Crippen LogP contribution in [-0.4, -0.2) is 33.3 Å². The quantitative estimate of drug-likeness (QED) is 0.823. The van der Waals surface area contributed by atoms with E-state index in [0.29, 0.717) is 25.1 Å². The summed E-state index contributed by atoms with van der Waals surface area (Å²) in [5.41, 5.74) is -0.167. The molecule has 0 saturated carbocycles. The Balaban J connectivity index is 2.43. The third-order valence-electron chi connectivity index (χ3n) is 3.44. The van der Waals surface area contributed by atoms with Gasteiger partial charge in [0.15, 0.2) is 11.6 Å². The molecule has 0 radical (unpaired) electrons. The third kappa shape index (κ3) is 1.95. The first-order chi connectivity index (χ1) is 8.64. The van der Waals surface area contributed by atoms with Gasteiger partial charge in [0, 0.05) is 6.54 Å². The molecular formula is C13H16FNO3. The fraction of sp³-hybridized carbons (Fsp3) is 0.462. The highest BCUT2D eigenvalue weighted by atomic mass is 19.1. The van der Waals surface area contributed by atoms with Crippen LogP contribution in [0.1, 0.15) is 12.0 Å². The summed E-state index contributed by atoms with van der Waals surface area (Å²) in [6.45, 7) is 1.17. The summed E-state index contributed by atoms with van der Waals surface area (Å²) in [6, 6.07) is 4.60. The molecule has 0 amide bonds. The van der Waals surface area contributed by atoms with Crippen LogP contribution in [0.15, 0.2) is 18.2 Å². The molecule has 4 nitrogen and oxygen atoms in total. The zero-order chi connectivity index (χ0) is 13.2. The van der Waals surface area contributed by atoms with E-state index in [0.717, 1.165) is 0 Å². The van der Waals surface area contributed by atoms with Gasteiger partial charge in [-0.05, 0) is 30.7 Å². The Kier molecular flexibility index (Phi) is 3.52. The Bertz CT molecular complexity index is 456. The molecule has 1 aliphatic rings. The van der Waals surface area contributed by atoms with Crippen LogP contribution in [0.2, 0.25) is 0 Å². The van der Waals surface area contributed by atoms with Crippen LogP contribution < -0.4 is 10.1 Å². The van der Waals surface area contributed by atoms with E-state index in [4.69, 9.17) is 9.47 Å². The molecule has 5 heteroatoms. The average molecular weight is 253 g/mol. The van der Waals surface area contributed by atoms with Gasteiger partial charge in [-0.2, -0.15) is 0 Å². The van der Waals surface area contributed by atoms with Gasteiger partial charge in [-0.15, -0.1) is 0 Å². The largest absolute Gasteiger partial charge is 0.494 e. The molecule has 1 atom stereocenters. The zero-order valence-electron chi connectivity index (χ0n) is 10.5. The predicted molar refractivity (Wildman–Crippen MR) is 64.1 cm³/mol. The van der Waals surface area contributed by atoms with Crippen molar-refractivity contribution in [2.45, 2.75) is 11.8 Å². The highest BCUT2D eigenvalue weighted by molar-refractivity contribution is 5.84. The first-order valence-corrected chi connectivity index (χ1v) is 5.77. The number of methoxy groups -OCH3 is 2. The number of rotatable bonds is 3. The molecule has 1 heterocycles. The first kappa shape index (κ1) is 12.8. The number of carbonyl (C=O) groups excluding carboxylic acids is 1. The molecule has 2 rings (SSSR count). The van der Waals surface area contributed by atoms with Gasteiger partial charge >= 0.3 is 5.97 Å². The second kappa shape index (κ2) is 4.94. The van der Waals surface area contributed by atoms with Crippen LogP contribution in [0.3, 0.4) is 0 Å². The molecule has 0 aromatic heterocycles. The minimum Gasteiger partial charge on any atom is -0.494 e. The first-order valence-electron chi connectivity index (χ1n) is 5.77.